The highest BCUT2D eigenvalue weighted by molar-refractivity contribution is 7.92. The molecule has 0 aromatic rings. The molecule has 1 rings (SSSR count). The predicted octanol–water partition coefficient (Wildman–Crippen LogP) is 1.68. The average molecular weight is 233 g/mol. The molecule has 0 N–H and O–H groups in total. The Morgan fingerprint density at radius 1 is 1.33 bits per heavy atom. The molecule has 1 saturated heterocycles. The summed E-state index contributed by atoms with van der Waals surface area (Å²) in [6, 6.07) is 0. The van der Waals surface area contributed by atoms with Crippen molar-refractivity contribution < 1.29 is 8.42 Å². The molecule has 4 heteroatoms. The maximum absolute atomic E-state index is 12.2. The van der Waals surface area contributed by atoms with Gasteiger partial charge in [-0.15, -0.1) is 0 Å². The Labute approximate surface area is 93.8 Å². The molecular formula is C11H23NO2S. The minimum Gasteiger partial charge on any atom is -0.304 e. The number of hydrogen-bond donors (Lipinski definition) is 0. The number of sulfone groups is 1. The summed E-state index contributed by atoms with van der Waals surface area (Å²) in [5.74, 6) is 0. The summed E-state index contributed by atoms with van der Waals surface area (Å²) in [5.41, 5.74) is 0. The molecule has 15 heavy (non-hydrogen) atoms. The minimum absolute atomic E-state index is 0.0932. The topological polar surface area (TPSA) is 37.4 Å². The van der Waals surface area contributed by atoms with Gasteiger partial charge in [-0.3, -0.25) is 0 Å². The molecule has 0 saturated carbocycles. The van der Waals surface area contributed by atoms with Gasteiger partial charge in [-0.05, 0) is 19.9 Å². The van der Waals surface area contributed by atoms with Gasteiger partial charge >= 0.3 is 0 Å². The van der Waals surface area contributed by atoms with E-state index in [0.29, 0.717) is 0 Å². The normalized spacial score (nSPS) is 21.3. The lowest BCUT2D eigenvalue weighted by molar-refractivity contribution is 0.230. The Morgan fingerprint density at radius 3 is 2.33 bits per heavy atom. The zero-order valence-electron chi connectivity index (χ0n) is 10.1. The van der Waals surface area contributed by atoms with Gasteiger partial charge in [0.2, 0.25) is 0 Å². The Kier molecular flexibility index (Phi) is 4.59. The van der Waals surface area contributed by atoms with Gasteiger partial charge in [0.05, 0.1) is 10.5 Å². The van der Waals surface area contributed by atoms with Crippen molar-refractivity contribution in [2.45, 2.75) is 50.0 Å². The number of likely N-dealkylation sites (tertiary alicyclic amines) is 1. The van der Waals surface area contributed by atoms with Gasteiger partial charge in [0.15, 0.2) is 9.84 Å². The monoisotopic (exact) mass is 233 g/mol. The summed E-state index contributed by atoms with van der Waals surface area (Å²) < 4.78 is 24.3. The maximum atomic E-state index is 12.2. The first kappa shape index (κ1) is 13.0. The van der Waals surface area contributed by atoms with Crippen molar-refractivity contribution in [2.24, 2.45) is 0 Å². The predicted molar refractivity (Wildman–Crippen MR) is 63.8 cm³/mol. The summed E-state index contributed by atoms with van der Waals surface area (Å²) in [6.07, 6.45) is 3.72. The highest BCUT2D eigenvalue weighted by Crippen LogP contribution is 2.23. The van der Waals surface area contributed by atoms with Gasteiger partial charge in [0, 0.05) is 13.1 Å². The standard InChI is InChI=1S/C11H23NO2S/c1-4-6-7-10(5-2)15(13,14)11-8-12(3)9-11/h10-11H,4-9H2,1-3H3. The molecule has 0 aromatic heterocycles. The van der Waals surface area contributed by atoms with E-state index in [1.807, 2.05) is 14.0 Å². The molecule has 1 aliphatic heterocycles. The molecule has 0 bridgehead atoms. The second-order valence-electron chi connectivity index (χ2n) is 4.60. The number of nitrogens with zero attached hydrogens (tertiary/aromatic N) is 1. The first-order chi connectivity index (χ1) is 7.02. The van der Waals surface area contributed by atoms with Crippen LogP contribution in [0.3, 0.4) is 0 Å². The highest BCUT2D eigenvalue weighted by Gasteiger charge is 2.39. The second kappa shape index (κ2) is 5.30. The minimum atomic E-state index is -2.86. The first-order valence-corrected chi connectivity index (χ1v) is 7.54. The van der Waals surface area contributed by atoms with Crippen molar-refractivity contribution in [3.05, 3.63) is 0 Å². The molecule has 1 unspecified atom stereocenters. The molecule has 1 fully saturated rings. The van der Waals surface area contributed by atoms with Crippen LogP contribution in [0.1, 0.15) is 39.5 Å². The molecular weight excluding hydrogens is 210 g/mol. The quantitative estimate of drug-likeness (QED) is 0.700. The van der Waals surface area contributed by atoms with Crippen LogP contribution >= 0.6 is 0 Å². The SMILES string of the molecule is CCCCC(CC)S(=O)(=O)C1CN(C)C1. The molecule has 1 aliphatic rings. The van der Waals surface area contributed by atoms with Crippen molar-refractivity contribution in [1.29, 1.82) is 0 Å². The molecule has 0 amide bonds. The van der Waals surface area contributed by atoms with Crippen LogP contribution in [0, 0.1) is 0 Å². The van der Waals surface area contributed by atoms with E-state index >= 15 is 0 Å². The van der Waals surface area contributed by atoms with Crippen molar-refractivity contribution >= 4 is 9.84 Å². The van der Waals surface area contributed by atoms with Crippen molar-refractivity contribution in [2.75, 3.05) is 20.1 Å². The number of rotatable bonds is 6. The summed E-state index contributed by atoms with van der Waals surface area (Å²) in [6.45, 7) is 5.55. The van der Waals surface area contributed by atoms with Gasteiger partial charge in [-0.25, -0.2) is 8.42 Å². The summed E-state index contributed by atoms with van der Waals surface area (Å²) in [5, 5.41) is -0.194. The number of unbranched alkanes of at least 4 members (excludes halogenated alkanes) is 1. The van der Waals surface area contributed by atoms with Gasteiger partial charge in [-0.2, -0.15) is 0 Å². The fraction of sp³-hybridized carbons (Fsp3) is 1.00. The van der Waals surface area contributed by atoms with E-state index in [9.17, 15) is 8.42 Å². The van der Waals surface area contributed by atoms with Crippen LogP contribution in [0.4, 0.5) is 0 Å². The fourth-order valence-corrected chi connectivity index (χ4v) is 4.58. The van der Waals surface area contributed by atoms with Crippen molar-refractivity contribution in [3.8, 4) is 0 Å². The van der Waals surface area contributed by atoms with E-state index in [4.69, 9.17) is 0 Å². The van der Waals surface area contributed by atoms with E-state index in [0.717, 1.165) is 38.8 Å². The maximum Gasteiger partial charge on any atom is 0.158 e. The van der Waals surface area contributed by atoms with Crippen molar-refractivity contribution in [1.82, 2.24) is 4.90 Å². The van der Waals surface area contributed by atoms with Gasteiger partial charge < -0.3 is 4.90 Å². The van der Waals surface area contributed by atoms with Crippen LogP contribution in [0.5, 0.6) is 0 Å². The van der Waals surface area contributed by atoms with Crippen molar-refractivity contribution in [3.63, 3.8) is 0 Å². The van der Waals surface area contributed by atoms with Crippen LogP contribution in [-0.2, 0) is 9.84 Å². The smallest absolute Gasteiger partial charge is 0.158 e. The second-order valence-corrected chi connectivity index (χ2v) is 7.12. The lowest BCUT2D eigenvalue weighted by Crippen LogP contribution is -2.54. The van der Waals surface area contributed by atoms with Crippen LogP contribution in [0.15, 0.2) is 0 Å². The Bertz CT molecular complexity index is 281. The third-order valence-electron chi connectivity index (χ3n) is 3.29. The zero-order valence-corrected chi connectivity index (χ0v) is 10.9. The van der Waals surface area contributed by atoms with Crippen LogP contribution in [0.25, 0.3) is 0 Å². The van der Waals surface area contributed by atoms with Crippen LogP contribution < -0.4 is 0 Å². The lowest BCUT2D eigenvalue weighted by Gasteiger charge is -2.37. The van der Waals surface area contributed by atoms with E-state index in [-0.39, 0.29) is 10.5 Å². The lowest BCUT2D eigenvalue weighted by atomic mass is 10.2. The molecule has 1 atom stereocenters. The molecule has 3 nitrogen and oxygen atoms in total. The first-order valence-electron chi connectivity index (χ1n) is 5.93. The Hall–Kier alpha value is -0.0900. The van der Waals surface area contributed by atoms with Gasteiger partial charge in [-0.1, -0.05) is 26.7 Å². The van der Waals surface area contributed by atoms with Gasteiger partial charge in [0.1, 0.15) is 0 Å². The third-order valence-corrected chi connectivity index (χ3v) is 6.02. The molecule has 0 radical (unpaired) electrons. The van der Waals surface area contributed by atoms with E-state index in [1.165, 1.54) is 0 Å². The zero-order chi connectivity index (χ0) is 11.5. The molecule has 0 aliphatic carbocycles. The summed E-state index contributed by atoms with van der Waals surface area (Å²) in [7, 11) is -0.890. The van der Waals surface area contributed by atoms with Crippen LogP contribution in [-0.4, -0.2) is 44.0 Å². The molecule has 0 spiro atoms. The molecule has 0 aromatic carbocycles. The summed E-state index contributed by atoms with van der Waals surface area (Å²) >= 11 is 0. The van der Waals surface area contributed by atoms with E-state index in [1.54, 1.807) is 0 Å². The average Bonchev–Trinajstić information content (AvgIpc) is 2.14. The highest BCUT2D eigenvalue weighted by atomic mass is 32.2. The molecule has 1 heterocycles. The Morgan fingerprint density at radius 2 is 1.93 bits per heavy atom. The van der Waals surface area contributed by atoms with E-state index < -0.39 is 9.84 Å². The third kappa shape index (κ3) is 2.94. The summed E-state index contributed by atoms with van der Waals surface area (Å²) in [4.78, 5) is 2.06. The van der Waals surface area contributed by atoms with Crippen LogP contribution in [0.2, 0.25) is 0 Å². The number of hydrogen-bond acceptors (Lipinski definition) is 3. The molecule has 90 valence electrons. The van der Waals surface area contributed by atoms with Gasteiger partial charge in [0.25, 0.3) is 0 Å². The largest absolute Gasteiger partial charge is 0.304 e. The fourth-order valence-electron chi connectivity index (χ4n) is 2.15. The Balaban J connectivity index is 2.57. The van der Waals surface area contributed by atoms with E-state index in [2.05, 4.69) is 11.8 Å².